The lowest BCUT2D eigenvalue weighted by molar-refractivity contribution is -0.122. The summed E-state index contributed by atoms with van der Waals surface area (Å²) in [6.07, 6.45) is 4.55. The summed E-state index contributed by atoms with van der Waals surface area (Å²) in [5.74, 6) is 0.638. The van der Waals surface area contributed by atoms with Gasteiger partial charge in [-0.1, -0.05) is 42.5 Å². The minimum Gasteiger partial charge on any atom is -0.489 e. The highest BCUT2D eigenvalue weighted by atomic mass is 16.5. The highest BCUT2D eigenvalue weighted by molar-refractivity contribution is 5.81. The van der Waals surface area contributed by atoms with E-state index in [0.717, 1.165) is 22.6 Å². The van der Waals surface area contributed by atoms with E-state index in [1.165, 1.54) is 0 Å². The monoisotopic (exact) mass is 364 g/mol. The Balaban J connectivity index is 1.42. The minimum absolute atomic E-state index is 0.154. The average molecular weight is 364 g/mol. The molecule has 0 aliphatic carbocycles. The third-order valence-electron chi connectivity index (χ3n) is 4.21. The van der Waals surface area contributed by atoms with Gasteiger partial charge >= 0.3 is 0 Å². The molecule has 3 aromatic rings. The number of nitrogens with zero attached hydrogens (tertiary/aromatic N) is 1. The molecule has 3 rings (SSSR count). The molecule has 27 heavy (non-hydrogen) atoms. The molecule has 6 nitrogen and oxygen atoms in total. The molecular weight excluding hydrogens is 340 g/mol. The molecule has 0 saturated carbocycles. The normalized spacial score (nSPS) is 11.7. The molecule has 6 heteroatoms. The number of hydrogen-bond donors (Lipinski definition) is 3. The molecule has 4 N–H and O–H groups in total. The van der Waals surface area contributed by atoms with Crippen LogP contribution < -0.4 is 15.8 Å². The van der Waals surface area contributed by atoms with Crippen LogP contribution in [-0.4, -0.2) is 28.5 Å². The van der Waals surface area contributed by atoms with Crippen molar-refractivity contribution >= 4 is 5.91 Å². The summed E-state index contributed by atoms with van der Waals surface area (Å²) in [5.41, 5.74) is 9.12. The zero-order chi connectivity index (χ0) is 18.9. The maximum absolute atomic E-state index is 12.1. The van der Waals surface area contributed by atoms with Crippen molar-refractivity contribution in [3.8, 4) is 5.75 Å². The minimum atomic E-state index is -0.581. The van der Waals surface area contributed by atoms with Gasteiger partial charge in [-0.25, -0.2) is 4.98 Å². The number of aromatic nitrogens is 2. The third kappa shape index (κ3) is 5.97. The number of benzene rings is 2. The molecule has 1 amide bonds. The first-order valence-corrected chi connectivity index (χ1v) is 8.97. The molecule has 0 bridgehead atoms. The number of rotatable bonds is 9. The van der Waals surface area contributed by atoms with Crippen LogP contribution in [0.25, 0.3) is 0 Å². The van der Waals surface area contributed by atoms with E-state index in [0.29, 0.717) is 26.0 Å². The first kappa shape index (κ1) is 18.7. The van der Waals surface area contributed by atoms with Gasteiger partial charge in [0.25, 0.3) is 0 Å². The quantitative estimate of drug-likeness (QED) is 0.543. The summed E-state index contributed by atoms with van der Waals surface area (Å²) in [7, 11) is 0. The topological polar surface area (TPSA) is 93.0 Å². The van der Waals surface area contributed by atoms with Gasteiger partial charge in [-0.2, -0.15) is 0 Å². The van der Waals surface area contributed by atoms with Crippen LogP contribution in [0.4, 0.5) is 0 Å². The van der Waals surface area contributed by atoms with E-state index in [1.54, 1.807) is 12.5 Å². The van der Waals surface area contributed by atoms with E-state index in [-0.39, 0.29) is 5.91 Å². The average Bonchev–Trinajstić information content (AvgIpc) is 3.21. The van der Waals surface area contributed by atoms with Crippen LogP contribution in [0.5, 0.6) is 5.75 Å². The maximum atomic E-state index is 12.1. The van der Waals surface area contributed by atoms with Gasteiger partial charge in [0.2, 0.25) is 5.91 Å². The van der Waals surface area contributed by atoms with Crippen LogP contribution >= 0.6 is 0 Å². The van der Waals surface area contributed by atoms with Gasteiger partial charge in [-0.3, -0.25) is 4.79 Å². The molecule has 1 aromatic heterocycles. The van der Waals surface area contributed by atoms with E-state index in [9.17, 15) is 4.79 Å². The van der Waals surface area contributed by atoms with E-state index in [1.807, 2.05) is 54.6 Å². The van der Waals surface area contributed by atoms with E-state index in [4.69, 9.17) is 10.5 Å². The second-order valence-electron chi connectivity index (χ2n) is 6.35. The van der Waals surface area contributed by atoms with Crippen molar-refractivity contribution in [3.63, 3.8) is 0 Å². The predicted molar refractivity (Wildman–Crippen MR) is 104 cm³/mol. The predicted octanol–water partition coefficient (Wildman–Crippen LogP) is 2.22. The van der Waals surface area contributed by atoms with Crippen molar-refractivity contribution in [3.05, 3.63) is 83.9 Å². The lowest BCUT2D eigenvalue weighted by atomic mass is 10.1. The van der Waals surface area contributed by atoms with Gasteiger partial charge in [0.15, 0.2) is 0 Å². The Labute approximate surface area is 158 Å². The Morgan fingerprint density at radius 3 is 2.59 bits per heavy atom. The van der Waals surface area contributed by atoms with Gasteiger partial charge in [0, 0.05) is 24.9 Å². The van der Waals surface area contributed by atoms with Crippen molar-refractivity contribution in [2.24, 2.45) is 5.73 Å². The van der Waals surface area contributed by atoms with Crippen LogP contribution in [0.3, 0.4) is 0 Å². The van der Waals surface area contributed by atoms with E-state index < -0.39 is 6.04 Å². The Morgan fingerprint density at radius 2 is 1.89 bits per heavy atom. The highest BCUT2D eigenvalue weighted by Crippen LogP contribution is 2.15. The first-order valence-electron chi connectivity index (χ1n) is 8.97. The summed E-state index contributed by atoms with van der Waals surface area (Å²) in [6.45, 7) is 1.05. The summed E-state index contributed by atoms with van der Waals surface area (Å²) < 4.78 is 5.77. The van der Waals surface area contributed by atoms with Crippen LogP contribution in [0.2, 0.25) is 0 Å². The van der Waals surface area contributed by atoms with Crippen molar-refractivity contribution in [2.45, 2.75) is 25.5 Å². The summed E-state index contributed by atoms with van der Waals surface area (Å²) in [4.78, 5) is 19.1. The smallest absolute Gasteiger partial charge is 0.237 e. The molecule has 0 saturated heterocycles. The number of nitrogens with one attached hydrogen (secondary N) is 2. The van der Waals surface area contributed by atoms with Crippen molar-refractivity contribution in [1.29, 1.82) is 0 Å². The first-order chi connectivity index (χ1) is 13.2. The van der Waals surface area contributed by atoms with E-state index in [2.05, 4.69) is 15.3 Å². The van der Waals surface area contributed by atoms with Gasteiger partial charge in [0.05, 0.1) is 12.4 Å². The lowest BCUT2D eigenvalue weighted by Gasteiger charge is -2.13. The fourth-order valence-electron chi connectivity index (χ4n) is 2.68. The van der Waals surface area contributed by atoms with Gasteiger partial charge in [-0.05, 0) is 29.7 Å². The number of carbonyl (C=O) groups excluding carboxylic acids is 1. The summed E-state index contributed by atoms with van der Waals surface area (Å²) >= 11 is 0. The zero-order valence-electron chi connectivity index (χ0n) is 15.1. The Kier molecular flexibility index (Phi) is 6.60. The standard InChI is InChI=1S/C21H24N4O2/c22-20(21(26)24-11-10-18-13-23-15-25-18)12-16-6-8-19(9-7-16)27-14-17-4-2-1-3-5-17/h1-9,13,15,20H,10-12,14,22H2,(H,23,25)(H,24,26). The number of amides is 1. The Morgan fingerprint density at radius 1 is 1.11 bits per heavy atom. The third-order valence-corrected chi connectivity index (χ3v) is 4.21. The largest absolute Gasteiger partial charge is 0.489 e. The Bertz CT molecular complexity index is 817. The Hall–Kier alpha value is -3.12. The molecule has 140 valence electrons. The molecule has 0 radical (unpaired) electrons. The van der Waals surface area contributed by atoms with Gasteiger partial charge in [-0.15, -0.1) is 0 Å². The molecule has 0 aliphatic heterocycles. The molecule has 0 aliphatic rings. The van der Waals surface area contributed by atoms with Gasteiger partial charge in [0.1, 0.15) is 12.4 Å². The van der Waals surface area contributed by atoms with E-state index >= 15 is 0 Å². The number of nitrogens with two attached hydrogens (primary N) is 1. The SMILES string of the molecule is NC(Cc1ccc(OCc2ccccc2)cc1)C(=O)NCCc1cnc[nH]1. The van der Waals surface area contributed by atoms with Gasteiger partial charge < -0.3 is 20.8 Å². The zero-order valence-corrected chi connectivity index (χ0v) is 15.1. The molecule has 1 heterocycles. The molecule has 0 fully saturated rings. The number of H-pyrrole nitrogens is 1. The number of aromatic amines is 1. The number of imidazole rings is 1. The molecule has 1 unspecified atom stereocenters. The molecule has 2 aromatic carbocycles. The van der Waals surface area contributed by atoms with Crippen LogP contribution in [0.1, 0.15) is 16.8 Å². The molecular formula is C21H24N4O2. The maximum Gasteiger partial charge on any atom is 0.237 e. The molecule has 0 spiro atoms. The number of carbonyl (C=O) groups is 1. The van der Waals surface area contributed by atoms with Crippen molar-refractivity contribution < 1.29 is 9.53 Å². The number of hydrogen-bond acceptors (Lipinski definition) is 4. The fraction of sp³-hybridized carbons (Fsp3) is 0.238. The van der Waals surface area contributed by atoms with Crippen LogP contribution in [-0.2, 0) is 24.2 Å². The second-order valence-corrected chi connectivity index (χ2v) is 6.35. The molecule has 1 atom stereocenters. The summed E-state index contributed by atoms with van der Waals surface area (Å²) in [5, 5.41) is 2.85. The van der Waals surface area contributed by atoms with Crippen molar-refractivity contribution in [1.82, 2.24) is 15.3 Å². The second kappa shape index (κ2) is 9.54. The fourth-order valence-corrected chi connectivity index (χ4v) is 2.68. The van der Waals surface area contributed by atoms with Crippen molar-refractivity contribution in [2.75, 3.05) is 6.54 Å². The van der Waals surface area contributed by atoms with Crippen LogP contribution in [0.15, 0.2) is 67.1 Å². The lowest BCUT2D eigenvalue weighted by Crippen LogP contribution is -2.42. The number of ether oxygens (including phenoxy) is 1. The highest BCUT2D eigenvalue weighted by Gasteiger charge is 2.13. The summed E-state index contributed by atoms with van der Waals surface area (Å²) in [6, 6.07) is 17.1. The van der Waals surface area contributed by atoms with Crippen LogP contribution in [0, 0.1) is 0 Å².